The first kappa shape index (κ1) is 22.8. The van der Waals surface area contributed by atoms with Crippen LogP contribution in [0.2, 0.25) is 0 Å². The van der Waals surface area contributed by atoms with Crippen LogP contribution in [-0.4, -0.2) is 54.8 Å². The highest BCUT2D eigenvalue weighted by Gasteiger charge is 2.37. The highest BCUT2D eigenvalue weighted by molar-refractivity contribution is 7.30. The number of hydrogen-bond acceptors (Lipinski definition) is 8. The Morgan fingerprint density at radius 2 is 1.48 bits per heavy atom. The largest absolute Gasteiger partial charge is 0.372 e. The van der Waals surface area contributed by atoms with Crippen LogP contribution < -0.4 is 4.90 Å². The maximum absolute atomic E-state index is 12.4. The van der Waals surface area contributed by atoms with Crippen molar-refractivity contribution >= 4 is 72.4 Å². The molecule has 0 saturated carbocycles. The van der Waals surface area contributed by atoms with Crippen molar-refractivity contribution in [3.63, 3.8) is 0 Å². The van der Waals surface area contributed by atoms with E-state index >= 15 is 0 Å². The van der Waals surface area contributed by atoms with Crippen molar-refractivity contribution < 1.29 is 14.4 Å². The first-order chi connectivity index (χ1) is 15.8. The Balaban J connectivity index is 1.52. The second-order valence-corrected chi connectivity index (χ2v) is 9.60. The minimum Gasteiger partial charge on any atom is -0.372 e. The van der Waals surface area contributed by atoms with Gasteiger partial charge in [0.25, 0.3) is 11.8 Å². The molecule has 0 bridgehead atoms. The van der Waals surface area contributed by atoms with Gasteiger partial charge >= 0.3 is 6.03 Å². The van der Waals surface area contributed by atoms with E-state index in [1.807, 2.05) is 36.4 Å². The number of thiophene rings is 2. The Labute approximate surface area is 199 Å². The lowest BCUT2D eigenvalue weighted by Gasteiger charge is -2.28. The number of hydrogen-bond donors (Lipinski definition) is 0. The summed E-state index contributed by atoms with van der Waals surface area (Å²) in [5.74, 6) is -1.19. The summed E-state index contributed by atoms with van der Waals surface area (Å²) < 4.78 is 1.98. The first-order valence-corrected chi connectivity index (χ1v) is 12.1. The molecule has 10 heteroatoms. The zero-order valence-corrected chi connectivity index (χ0v) is 20.4. The smallest absolute Gasteiger partial charge is 0.333 e. The summed E-state index contributed by atoms with van der Waals surface area (Å²) in [6.07, 6.45) is 1.54. The minimum absolute atomic E-state index is 0.0263. The van der Waals surface area contributed by atoms with Crippen molar-refractivity contribution in [1.82, 2.24) is 9.80 Å². The van der Waals surface area contributed by atoms with Crippen molar-refractivity contribution in [1.29, 1.82) is 0 Å². The fourth-order valence-corrected chi connectivity index (χ4v) is 5.67. The standard InChI is InChI=1S/C23H23N5O3S2/c1-5-28(6-2)15-9-7-14(8-10-15)24-25-20-13-19-18(33-20)12-16(32-19)11-17-21(29)26(3)23(31)27(4)22(17)30/h7-13H,5-6H2,1-4H3/b25-24+. The quantitative estimate of drug-likeness (QED) is 0.258. The van der Waals surface area contributed by atoms with Gasteiger partial charge in [-0.2, -0.15) is 0 Å². The van der Waals surface area contributed by atoms with Gasteiger partial charge in [0.15, 0.2) is 0 Å². The van der Waals surface area contributed by atoms with Crippen LogP contribution in [0.15, 0.2) is 52.2 Å². The zero-order valence-electron chi connectivity index (χ0n) is 18.7. The van der Waals surface area contributed by atoms with Gasteiger partial charge in [0.05, 0.1) is 5.69 Å². The van der Waals surface area contributed by atoms with Gasteiger partial charge < -0.3 is 4.90 Å². The molecule has 4 rings (SSSR count). The summed E-state index contributed by atoms with van der Waals surface area (Å²) in [6, 6.07) is 11.2. The van der Waals surface area contributed by atoms with Gasteiger partial charge in [0.2, 0.25) is 0 Å². The fraction of sp³-hybridized carbons (Fsp3) is 0.261. The van der Waals surface area contributed by atoms with Crippen LogP contribution in [0.4, 0.5) is 21.2 Å². The number of imide groups is 2. The van der Waals surface area contributed by atoms with Gasteiger partial charge in [0, 0.05) is 47.1 Å². The summed E-state index contributed by atoms with van der Waals surface area (Å²) >= 11 is 2.94. The molecule has 1 aliphatic rings. The predicted octanol–water partition coefficient (Wildman–Crippen LogP) is 5.66. The summed E-state index contributed by atoms with van der Waals surface area (Å²) in [6.45, 7) is 6.17. The third-order valence-electron chi connectivity index (χ3n) is 5.39. The van der Waals surface area contributed by atoms with Crippen molar-refractivity contribution in [3.05, 3.63) is 46.8 Å². The van der Waals surface area contributed by atoms with E-state index < -0.39 is 17.8 Å². The molecule has 1 fully saturated rings. The molecule has 170 valence electrons. The SMILES string of the molecule is CCN(CC)c1ccc(/N=N/c2cc3sc(C=C4C(=O)N(C)C(=O)N(C)C4=O)cc3s2)cc1. The van der Waals surface area contributed by atoms with Crippen molar-refractivity contribution in [2.24, 2.45) is 10.2 Å². The van der Waals surface area contributed by atoms with E-state index in [1.165, 1.54) is 36.8 Å². The number of benzene rings is 1. The Hall–Kier alpha value is -3.37. The molecule has 3 heterocycles. The third-order valence-corrected chi connectivity index (χ3v) is 7.51. The van der Waals surface area contributed by atoms with Crippen LogP contribution in [0, 0.1) is 0 Å². The van der Waals surface area contributed by atoms with Crippen molar-refractivity contribution in [3.8, 4) is 0 Å². The summed E-state index contributed by atoms with van der Waals surface area (Å²) in [5, 5.41) is 9.48. The van der Waals surface area contributed by atoms with Crippen LogP contribution in [0.5, 0.6) is 0 Å². The fourth-order valence-electron chi connectivity index (χ4n) is 3.51. The zero-order chi connectivity index (χ0) is 23.7. The number of carbonyl (C=O) groups is 3. The van der Waals surface area contributed by atoms with E-state index in [-0.39, 0.29) is 5.57 Å². The monoisotopic (exact) mass is 481 g/mol. The van der Waals surface area contributed by atoms with Gasteiger partial charge in [-0.05, 0) is 56.3 Å². The van der Waals surface area contributed by atoms with E-state index in [2.05, 4.69) is 29.0 Å². The average Bonchev–Trinajstić information content (AvgIpc) is 3.38. The number of nitrogens with zero attached hydrogens (tertiary/aromatic N) is 5. The molecule has 0 spiro atoms. The van der Waals surface area contributed by atoms with Crippen LogP contribution in [0.25, 0.3) is 15.5 Å². The van der Waals surface area contributed by atoms with Gasteiger partial charge in [-0.15, -0.1) is 32.9 Å². The second kappa shape index (κ2) is 9.24. The third kappa shape index (κ3) is 4.44. The summed E-state index contributed by atoms with van der Waals surface area (Å²) in [7, 11) is 2.73. The van der Waals surface area contributed by atoms with Crippen molar-refractivity contribution in [2.75, 3.05) is 32.1 Å². The summed E-state index contributed by atoms with van der Waals surface area (Å²) in [4.78, 5) is 41.6. The van der Waals surface area contributed by atoms with Gasteiger partial charge in [-0.1, -0.05) is 0 Å². The van der Waals surface area contributed by atoms with E-state index in [0.717, 1.165) is 53.5 Å². The Kier molecular flexibility index (Phi) is 6.39. The number of azo groups is 1. The highest BCUT2D eigenvalue weighted by atomic mass is 32.1. The number of rotatable bonds is 6. The van der Waals surface area contributed by atoms with Crippen LogP contribution in [-0.2, 0) is 9.59 Å². The molecule has 0 aliphatic carbocycles. The Morgan fingerprint density at radius 3 is 2.06 bits per heavy atom. The number of barbiturate groups is 1. The van der Waals surface area contributed by atoms with Crippen molar-refractivity contribution in [2.45, 2.75) is 13.8 Å². The average molecular weight is 482 g/mol. The molecule has 8 nitrogen and oxygen atoms in total. The van der Waals surface area contributed by atoms with Gasteiger partial charge in [-0.3, -0.25) is 19.4 Å². The molecule has 1 aliphatic heterocycles. The highest BCUT2D eigenvalue weighted by Crippen LogP contribution is 2.39. The second-order valence-electron chi connectivity index (χ2n) is 7.42. The maximum Gasteiger partial charge on any atom is 0.333 e. The Morgan fingerprint density at radius 1 is 0.879 bits per heavy atom. The number of anilines is 1. The minimum atomic E-state index is -0.632. The predicted molar refractivity (Wildman–Crippen MR) is 133 cm³/mol. The molecule has 33 heavy (non-hydrogen) atoms. The lowest BCUT2D eigenvalue weighted by molar-refractivity contribution is -0.134. The Bertz CT molecular complexity index is 1230. The molecule has 2 aromatic heterocycles. The van der Waals surface area contributed by atoms with E-state index in [4.69, 9.17) is 0 Å². The van der Waals surface area contributed by atoms with Gasteiger partial charge in [-0.25, -0.2) is 4.79 Å². The molecule has 0 N–H and O–H groups in total. The van der Waals surface area contributed by atoms with Crippen LogP contribution in [0.1, 0.15) is 18.7 Å². The maximum atomic E-state index is 12.4. The molecular formula is C23H23N5O3S2. The normalized spacial score (nSPS) is 14.8. The first-order valence-electron chi connectivity index (χ1n) is 10.4. The topological polar surface area (TPSA) is 85.7 Å². The van der Waals surface area contributed by atoms with E-state index in [0.29, 0.717) is 0 Å². The summed E-state index contributed by atoms with van der Waals surface area (Å²) in [5.41, 5.74) is 1.92. The van der Waals surface area contributed by atoms with Gasteiger partial charge in [0.1, 0.15) is 10.6 Å². The number of carbonyl (C=O) groups excluding carboxylic acids is 3. The molecule has 1 saturated heterocycles. The number of likely N-dealkylation sites (N-methyl/N-ethyl adjacent to an activating group) is 2. The molecular weight excluding hydrogens is 458 g/mol. The van der Waals surface area contributed by atoms with Crippen LogP contribution >= 0.6 is 22.7 Å². The molecule has 1 aromatic carbocycles. The molecule has 3 aromatic rings. The number of fused-ring (bicyclic) bond motifs is 1. The molecule has 0 radical (unpaired) electrons. The number of amides is 4. The molecule has 0 atom stereocenters. The molecule has 0 unspecified atom stereocenters. The van der Waals surface area contributed by atoms with Crippen LogP contribution in [0.3, 0.4) is 0 Å². The lowest BCUT2D eigenvalue weighted by atomic mass is 10.1. The molecule has 4 amide bonds. The number of urea groups is 1. The lowest BCUT2D eigenvalue weighted by Crippen LogP contribution is -2.52. The van der Waals surface area contributed by atoms with E-state index in [1.54, 1.807) is 6.08 Å². The van der Waals surface area contributed by atoms with E-state index in [9.17, 15) is 14.4 Å².